The summed E-state index contributed by atoms with van der Waals surface area (Å²) in [6.07, 6.45) is 0. The molecule has 9 heteroatoms. The van der Waals surface area contributed by atoms with E-state index in [9.17, 15) is 18.0 Å². The Hall–Kier alpha value is -3.27. The molecule has 1 heterocycles. The average molecular weight is 496 g/mol. The zero-order valence-corrected chi connectivity index (χ0v) is 20.5. The predicted octanol–water partition coefficient (Wildman–Crippen LogP) is 3.25. The van der Waals surface area contributed by atoms with Gasteiger partial charge in [-0.1, -0.05) is 50.2 Å². The molecule has 1 saturated heterocycles. The van der Waals surface area contributed by atoms with Gasteiger partial charge in [0.15, 0.2) is 0 Å². The monoisotopic (exact) mass is 495 g/mol. The molecule has 2 N–H and O–H groups in total. The van der Waals surface area contributed by atoms with E-state index in [0.29, 0.717) is 18.9 Å². The first kappa shape index (κ1) is 24.8. The molecule has 1 aliphatic rings. The number of hydrogen-bond donors (Lipinski definition) is 2. The van der Waals surface area contributed by atoms with Crippen LogP contribution in [0.2, 0.25) is 0 Å². The summed E-state index contributed by atoms with van der Waals surface area (Å²) in [5, 5.41) is 7.71. The number of fused-ring (bicyclic) bond motifs is 1. The molecule has 0 spiro atoms. The molecule has 0 unspecified atom stereocenters. The number of carbonyl (C=O) groups is 2. The zero-order valence-electron chi connectivity index (χ0n) is 19.7. The summed E-state index contributed by atoms with van der Waals surface area (Å²) < 4.78 is 32.5. The number of rotatable bonds is 7. The average Bonchev–Trinajstić information content (AvgIpc) is 2.87. The summed E-state index contributed by atoms with van der Waals surface area (Å²) in [4.78, 5) is 26.1. The third-order valence-electron chi connectivity index (χ3n) is 5.96. The smallest absolute Gasteiger partial charge is 0.251 e. The second-order valence-corrected chi connectivity index (χ2v) is 10.7. The molecule has 4 rings (SSSR count). The second kappa shape index (κ2) is 10.6. The molecule has 1 fully saturated rings. The molecule has 0 saturated carbocycles. The van der Waals surface area contributed by atoms with E-state index in [2.05, 4.69) is 10.6 Å². The fourth-order valence-corrected chi connectivity index (χ4v) is 5.43. The van der Waals surface area contributed by atoms with Crippen LogP contribution in [0.4, 0.5) is 5.69 Å². The third kappa shape index (κ3) is 5.70. The minimum absolute atomic E-state index is 0.0359. The van der Waals surface area contributed by atoms with E-state index >= 15 is 0 Å². The van der Waals surface area contributed by atoms with Crippen LogP contribution in [0, 0.1) is 5.92 Å². The molecule has 0 bridgehead atoms. The van der Waals surface area contributed by atoms with Gasteiger partial charge in [-0.15, -0.1) is 0 Å². The van der Waals surface area contributed by atoms with Crippen molar-refractivity contribution in [3.05, 3.63) is 72.3 Å². The first-order valence-electron chi connectivity index (χ1n) is 11.5. The molecule has 2 amide bonds. The maximum absolute atomic E-state index is 13.0. The van der Waals surface area contributed by atoms with Crippen molar-refractivity contribution < 1.29 is 22.7 Å². The van der Waals surface area contributed by atoms with E-state index in [4.69, 9.17) is 4.74 Å². The number of nitrogens with one attached hydrogen (secondary N) is 2. The largest absolute Gasteiger partial charge is 0.379 e. The van der Waals surface area contributed by atoms with Crippen molar-refractivity contribution in [1.29, 1.82) is 0 Å². The van der Waals surface area contributed by atoms with Gasteiger partial charge in [0, 0.05) is 24.3 Å². The summed E-state index contributed by atoms with van der Waals surface area (Å²) in [7, 11) is -3.74. The van der Waals surface area contributed by atoms with E-state index in [1.807, 2.05) is 56.3 Å². The molecule has 0 aliphatic carbocycles. The Morgan fingerprint density at radius 3 is 2.34 bits per heavy atom. The molecule has 184 valence electrons. The van der Waals surface area contributed by atoms with Gasteiger partial charge in [0.25, 0.3) is 5.91 Å². The molecular formula is C26H29N3O5S. The van der Waals surface area contributed by atoms with Crippen LogP contribution >= 0.6 is 0 Å². The van der Waals surface area contributed by atoms with Gasteiger partial charge in [-0.3, -0.25) is 9.59 Å². The summed E-state index contributed by atoms with van der Waals surface area (Å²) in [5.74, 6) is -1.06. The van der Waals surface area contributed by atoms with E-state index < -0.39 is 22.0 Å². The Labute approximate surface area is 205 Å². The maximum Gasteiger partial charge on any atom is 0.251 e. The predicted molar refractivity (Wildman–Crippen MR) is 135 cm³/mol. The Morgan fingerprint density at radius 2 is 1.63 bits per heavy atom. The lowest BCUT2D eigenvalue weighted by atomic mass is 10.0. The highest BCUT2D eigenvalue weighted by Gasteiger charge is 2.28. The highest BCUT2D eigenvalue weighted by Crippen LogP contribution is 2.21. The van der Waals surface area contributed by atoms with Crippen molar-refractivity contribution in [2.45, 2.75) is 24.8 Å². The normalized spacial score (nSPS) is 15.6. The fraction of sp³-hybridized carbons (Fsp3) is 0.308. The third-order valence-corrected chi connectivity index (χ3v) is 7.85. The van der Waals surface area contributed by atoms with Crippen molar-refractivity contribution >= 4 is 38.3 Å². The van der Waals surface area contributed by atoms with Gasteiger partial charge < -0.3 is 15.4 Å². The van der Waals surface area contributed by atoms with Crippen LogP contribution in [0.3, 0.4) is 0 Å². The number of ether oxygens (including phenoxy) is 1. The minimum Gasteiger partial charge on any atom is -0.379 e. The van der Waals surface area contributed by atoms with Crippen LogP contribution in [0.15, 0.2) is 71.6 Å². The molecule has 35 heavy (non-hydrogen) atoms. The second-order valence-electron chi connectivity index (χ2n) is 8.79. The number of sulfonamides is 1. The van der Waals surface area contributed by atoms with E-state index in [-0.39, 0.29) is 35.4 Å². The van der Waals surface area contributed by atoms with Gasteiger partial charge in [-0.25, -0.2) is 8.42 Å². The van der Waals surface area contributed by atoms with E-state index in [0.717, 1.165) is 10.8 Å². The van der Waals surface area contributed by atoms with Gasteiger partial charge >= 0.3 is 0 Å². The van der Waals surface area contributed by atoms with Crippen molar-refractivity contribution in [2.75, 3.05) is 31.6 Å². The molecular weight excluding hydrogens is 466 g/mol. The number of carbonyl (C=O) groups excluding carboxylic acids is 2. The minimum atomic E-state index is -3.74. The van der Waals surface area contributed by atoms with Gasteiger partial charge in [-0.05, 0) is 47.0 Å². The zero-order chi connectivity index (χ0) is 25.0. The molecule has 1 atom stereocenters. The molecule has 8 nitrogen and oxygen atoms in total. The summed E-state index contributed by atoms with van der Waals surface area (Å²) in [5.41, 5.74) is 0.802. The van der Waals surface area contributed by atoms with Crippen LogP contribution in [0.5, 0.6) is 0 Å². The quantitative estimate of drug-likeness (QED) is 0.524. The van der Waals surface area contributed by atoms with Crippen LogP contribution in [-0.2, 0) is 19.6 Å². The summed E-state index contributed by atoms with van der Waals surface area (Å²) in [6, 6.07) is 18.5. The number of benzene rings is 3. The van der Waals surface area contributed by atoms with Crippen LogP contribution < -0.4 is 10.6 Å². The maximum atomic E-state index is 13.0. The number of hydrogen-bond acceptors (Lipinski definition) is 5. The van der Waals surface area contributed by atoms with Gasteiger partial charge in [-0.2, -0.15) is 4.31 Å². The van der Waals surface area contributed by atoms with Gasteiger partial charge in [0.1, 0.15) is 6.04 Å². The Kier molecular flexibility index (Phi) is 7.49. The highest BCUT2D eigenvalue weighted by atomic mass is 32.2. The highest BCUT2D eigenvalue weighted by molar-refractivity contribution is 7.89. The number of anilines is 1. The van der Waals surface area contributed by atoms with Crippen LogP contribution in [0.25, 0.3) is 10.8 Å². The van der Waals surface area contributed by atoms with Crippen molar-refractivity contribution in [3.8, 4) is 0 Å². The SMILES string of the molecule is CC(C)[C@H](NC(=O)c1cccc(S(=O)(=O)N2CCOCC2)c1)C(=O)Nc1ccc2ccccc2c1. The Balaban J connectivity index is 1.49. The number of amides is 2. The number of nitrogens with zero attached hydrogens (tertiary/aromatic N) is 1. The van der Waals surface area contributed by atoms with Crippen molar-refractivity contribution in [3.63, 3.8) is 0 Å². The van der Waals surface area contributed by atoms with Gasteiger partial charge in [0.05, 0.1) is 18.1 Å². The standard InChI is InChI=1S/C26H29N3O5S/c1-18(2)24(26(31)27-22-11-10-19-6-3-4-7-20(19)16-22)28-25(30)21-8-5-9-23(17-21)35(32,33)29-12-14-34-15-13-29/h3-11,16-18,24H,12-15H2,1-2H3,(H,27,31)(H,28,30)/t24-/m0/s1. The van der Waals surface area contributed by atoms with Crippen LogP contribution in [0.1, 0.15) is 24.2 Å². The van der Waals surface area contributed by atoms with Crippen molar-refractivity contribution in [2.24, 2.45) is 5.92 Å². The lowest BCUT2D eigenvalue weighted by Gasteiger charge is -2.26. The molecule has 3 aromatic rings. The van der Waals surface area contributed by atoms with E-state index in [1.165, 1.54) is 28.6 Å². The van der Waals surface area contributed by atoms with Crippen LogP contribution in [-0.4, -0.2) is 56.9 Å². The topological polar surface area (TPSA) is 105 Å². The summed E-state index contributed by atoms with van der Waals surface area (Å²) >= 11 is 0. The Morgan fingerprint density at radius 1 is 0.914 bits per heavy atom. The van der Waals surface area contributed by atoms with Crippen molar-refractivity contribution in [1.82, 2.24) is 9.62 Å². The fourth-order valence-electron chi connectivity index (χ4n) is 3.98. The number of morpholine rings is 1. The molecule has 0 aromatic heterocycles. The molecule has 0 radical (unpaired) electrons. The first-order chi connectivity index (χ1) is 16.8. The first-order valence-corrected chi connectivity index (χ1v) is 13.0. The lowest BCUT2D eigenvalue weighted by Crippen LogP contribution is -2.47. The molecule has 3 aromatic carbocycles. The van der Waals surface area contributed by atoms with E-state index in [1.54, 1.807) is 0 Å². The Bertz CT molecular complexity index is 1330. The molecule has 1 aliphatic heterocycles. The summed E-state index contributed by atoms with van der Waals surface area (Å²) in [6.45, 7) is 4.88. The van der Waals surface area contributed by atoms with Gasteiger partial charge in [0.2, 0.25) is 15.9 Å². The lowest BCUT2D eigenvalue weighted by molar-refractivity contribution is -0.118.